The number of halogens is 1. The second-order valence-corrected chi connectivity index (χ2v) is 5.88. The summed E-state index contributed by atoms with van der Waals surface area (Å²) in [6, 6.07) is 13.3. The number of nitrogens with zero attached hydrogens (tertiary/aromatic N) is 1. The molecule has 1 heterocycles. The van der Waals surface area contributed by atoms with Crippen LogP contribution in [-0.4, -0.2) is 36.9 Å². The van der Waals surface area contributed by atoms with Gasteiger partial charge in [-0.3, -0.25) is 9.59 Å². The SMILES string of the molecule is COc1ccccc1C(=O)N1CCNC(=O)C1c1ccc(Cl)cc1. The molecular formula is C18H17ClN2O3. The van der Waals surface area contributed by atoms with Crippen molar-refractivity contribution in [2.45, 2.75) is 6.04 Å². The highest BCUT2D eigenvalue weighted by atomic mass is 35.5. The van der Waals surface area contributed by atoms with Crippen LogP contribution in [0.2, 0.25) is 5.02 Å². The molecule has 2 aromatic rings. The number of carbonyl (C=O) groups excluding carboxylic acids is 2. The maximum Gasteiger partial charge on any atom is 0.258 e. The summed E-state index contributed by atoms with van der Waals surface area (Å²) in [5.41, 5.74) is 1.16. The van der Waals surface area contributed by atoms with Crippen molar-refractivity contribution in [2.24, 2.45) is 0 Å². The van der Waals surface area contributed by atoms with Gasteiger partial charge in [-0.2, -0.15) is 0 Å². The minimum absolute atomic E-state index is 0.202. The third-order valence-corrected chi connectivity index (χ3v) is 4.25. The largest absolute Gasteiger partial charge is 0.496 e. The Kier molecular flexibility index (Phi) is 4.71. The van der Waals surface area contributed by atoms with E-state index in [-0.39, 0.29) is 11.8 Å². The number of carbonyl (C=O) groups is 2. The van der Waals surface area contributed by atoms with Crippen molar-refractivity contribution in [3.63, 3.8) is 0 Å². The Labute approximate surface area is 145 Å². The molecule has 6 heteroatoms. The zero-order valence-electron chi connectivity index (χ0n) is 13.2. The van der Waals surface area contributed by atoms with Crippen LogP contribution < -0.4 is 10.1 Å². The van der Waals surface area contributed by atoms with E-state index in [0.717, 1.165) is 5.56 Å². The number of nitrogens with one attached hydrogen (secondary N) is 1. The first-order valence-corrected chi connectivity index (χ1v) is 7.97. The van der Waals surface area contributed by atoms with Gasteiger partial charge in [0.05, 0.1) is 12.7 Å². The number of para-hydroxylation sites is 1. The van der Waals surface area contributed by atoms with E-state index in [4.69, 9.17) is 16.3 Å². The van der Waals surface area contributed by atoms with Crippen LogP contribution in [0.15, 0.2) is 48.5 Å². The van der Waals surface area contributed by atoms with E-state index in [9.17, 15) is 9.59 Å². The molecule has 124 valence electrons. The zero-order valence-corrected chi connectivity index (χ0v) is 13.9. The van der Waals surface area contributed by atoms with E-state index < -0.39 is 6.04 Å². The normalized spacial score (nSPS) is 17.3. The van der Waals surface area contributed by atoms with Crippen LogP contribution in [0.1, 0.15) is 22.0 Å². The van der Waals surface area contributed by atoms with Crippen LogP contribution in [0.4, 0.5) is 0 Å². The van der Waals surface area contributed by atoms with Gasteiger partial charge in [0.2, 0.25) is 5.91 Å². The van der Waals surface area contributed by atoms with Gasteiger partial charge in [-0.25, -0.2) is 0 Å². The molecule has 24 heavy (non-hydrogen) atoms. The molecule has 3 rings (SSSR count). The molecule has 1 N–H and O–H groups in total. The lowest BCUT2D eigenvalue weighted by molar-refractivity contribution is -0.128. The van der Waals surface area contributed by atoms with E-state index in [1.807, 2.05) is 0 Å². The minimum Gasteiger partial charge on any atom is -0.496 e. The van der Waals surface area contributed by atoms with Gasteiger partial charge in [0.15, 0.2) is 0 Å². The zero-order chi connectivity index (χ0) is 17.1. The van der Waals surface area contributed by atoms with Crippen molar-refractivity contribution in [3.8, 4) is 5.75 Å². The predicted molar refractivity (Wildman–Crippen MR) is 91.2 cm³/mol. The average molecular weight is 345 g/mol. The van der Waals surface area contributed by atoms with Gasteiger partial charge in [-0.1, -0.05) is 35.9 Å². The lowest BCUT2D eigenvalue weighted by atomic mass is 10.0. The Morgan fingerprint density at radius 2 is 1.92 bits per heavy atom. The quantitative estimate of drug-likeness (QED) is 0.931. The van der Waals surface area contributed by atoms with Crippen LogP contribution in [-0.2, 0) is 4.79 Å². The molecule has 1 atom stereocenters. The van der Waals surface area contributed by atoms with E-state index in [1.165, 1.54) is 7.11 Å². The molecule has 0 saturated carbocycles. The summed E-state index contributed by atoms with van der Waals surface area (Å²) < 4.78 is 5.28. The number of hydrogen-bond donors (Lipinski definition) is 1. The van der Waals surface area contributed by atoms with Gasteiger partial charge in [-0.05, 0) is 29.8 Å². The first-order valence-electron chi connectivity index (χ1n) is 7.59. The number of benzene rings is 2. The number of rotatable bonds is 3. The first kappa shape index (κ1) is 16.3. The second-order valence-electron chi connectivity index (χ2n) is 5.44. The molecular weight excluding hydrogens is 328 g/mol. The summed E-state index contributed by atoms with van der Waals surface area (Å²) in [5.74, 6) is 0.0532. The summed E-state index contributed by atoms with van der Waals surface area (Å²) in [4.78, 5) is 27.0. The number of amides is 2. The van der Waals surface area contributed by atoms with Gasteiger partial charge in [0, 0.05) is 18.1 Å². The Morgan fingerprint density at radius 3 is 2.62 bits per heavy atom. The van der Waals surface area contributed by atoms with E-state index in [1.54, 1.807) is 53.4 Å². The summed E-state index contributed by atoms with van der Waals surface area (Å²) in [6.07, 6.45) is 0. The molecule has 1 aliphatic rings. The van der Waals surface area contributed by atoms with Gasteiger partial charge in [-0.15, -0.1) is 0 Å². The maximum absolute atomic E-state index is 13.0. The van der Waals surface area contributed by atoms with Crippen LogP contribution in [0.5, 0.6) is 5.75 Å². The Balaban J connectivity index is 1.98. The number of methoxy groups -OCH3 is 1. The Bertz CT molecular complexity index is 761. The summed E-state index contributed by atoms with van der Waals surface area (Å²) in [7, 11) is 1.52. The molecule has 0 spiro atoms. The van der Waals surface area contributed by atoms with Crippen molar-refractivity contribution in [1.82, 2.24) is 10.2 Å². The van der Waals surface area contributed by atoms with Gasteiger partial charge < -0.3 is 15.0 Å². The van der Waals surface area contributed by atoms with Crippen LogP contribution in [0.3, 0.4) is 0 Å². The molecule has 1 fully saturated rings. The molecule has 2 amide bonds. The summed E-state index contributed by atoms with van der Waals surface area (Å²) >= 11 is 5.92. The van der Waals surface area contributed by atoms with Crippen molar-refractivity contribution < 1.29 is 14.3 Å². The fourth-order valence-corrected chi connectivity index (χ4v) is 2.96. The molecule has 5 nitrogen and oxygen atoms in total. The van der Waals surface area contributed by atoms with Crippen molar-refractivity contribution >= 4 is 23.4 Å². The fourth-order valence-electron chi connectivity index (χ4n) is 2.84. The standard InChI is InChI=1S/C18H17ClN2O3/c1-24-15-5-3-2-4-14(15)18(23)21-11-10-20-17(22)16(21)12-6-8-13(19)9-7-12/h2-9,16H,10-11H2,1H3,(H,20,22). The molecule has 2 aromatic carbocycles. The molecule has 0 bridgehead atoms. The van der Waals surface area contributed by atoms with E-state index in [0.29, 0.717) is 29.4 Å². The molecule has 1 aliphatic heterocycles. The van der Waals surface area contributed by atoms with Gasteiger partial charge in [0.25, 0.3) is 5.91 Å². The number of ether oxygens (including phenoxy) is 1. The van der Waals surface area contributed by atoms with Crippen LogP contribution in [0.25, 0.3) is 0 Å². The molecule has 0 aromatic heterocycles. The van der Waals surface area contributed by atoms with Crippen molar-refractivity contribution in [1.29, 1.82) is 0 Å². The summed E-state index contributed by atoms with van der Waals surface area (Å²) in [5, 5.41) is 3.39. The fraction of sp³-hybridized carbons (Fsp3) is 0.222. The lowest BCUT2D eigenvalue weighted by Gasteiger charge is -2.35. The molecule has 0 aliphatic carbocycles. The van der Waals surface area contributed by atoms with Crippen LogP contribution >= 0.6 is 11.6 Å². The van der Waals surface area contributed by atoms with E-state index >= 15 is 0 Å². The second kappa shape index (κ2) is 6.93. The highest BCUT2D eigenvalue weighted by molar-refractivity contribution is 6.30. The highest BCUT2D eigenvalue weighted by Crippen LogP contribution is 2.28. The average Bonchev–Trinajstić information content (AvgIpc) is 2.62. The molecule has 0 radical (unpaired) electrons. The van der Waals surface area contributed by atoms with Gasteiger partial charge in [0.1, 0.15) is 11.8 Å². The topological polar surface area (TPSA) is 58.6 Å². The highest BCUT2D eigenvalue weighted by Gasteiger charge is 2.35. The molecule has 1 unspecified atom stereocenters. The third kappa shape index (κ3) is 3.08. The maximum atomic E-state index is 13.0. The number of hydrogen-bond acceptors (Lipinski definition) is 3. The van der Waals surface area contributed by atoms with Gasteiger partial charge >= 0.3 is 0 Å². The van der Waals surface area contributed by atoms with Crippen molar-refractivity contribution in [2.75, 3.05) is 20.2 Å². The smallest absolute Gasteiger partial charge is 0.258 e. The third-order valence-electron chi connectivity index (χ3n) is 4.00. The predicted octanol–water partition coefficient (Wildman–Crippen LogP) is 2.66. The van der Waals surface area contributed by atoms with E-state index in [2.05, 4.69) is 5.32 Å². The minimum atomic E-state index is -0.687. The number of piperazine rings is 1. The van der Waals surface area contributed by atoms with Crippen LogP contribution in [0, 0.1) is 0 Å². The Hall–Kier alpha value is -2.53. The lowest BCUT2D eigenvalue weighted by Crippen LogP contribution is -2.52. The molecule has 1 saturated heterocycles. The van der Waals surface area contributed by atoms with Crippen molar-refractivity contribution in [3.05, 3.63) is 64.7 Å². The monoisotopic (exact) mass is 344 g/mol. The first-order chi connectivity index (χ1) is 11.6. The summed E-state index contributed by atoms with van der Waals surface area (Å²) in [6.45, 7) is 0.847. The Morgan fingerprint density at radius 1 is 1.21 bits per heavy atom.